The molecule has 0 amide bonds. The molecular weight excluding hydrogens is 300 g/mol. The number of benzene rings is 1. The lowest BCUT2D eigenvalue weighted by molar-refractivity contribution is -0.134. The number of aryl methyl sites for hydroxylation is 1. The second-order valence-corrected chi connectivity index (χ2v) is 6.14. The summed E-state index contributed by atoms with van der Waals surface area (Å²) in [5, 5.41) is 0. The minimum absolute atomic E-state index is 0.0718. The van der Waals surface area contributed by atoms with Gasteiger partial charge in [-0.05, 0) is 37.5 Å². The average molecular weight is 332 g/mol. The highest BCUT2D eigenvalue weighted by Crippen LogP contribution is 2.22. The van der Waals surface area contributed by atoms with Gasteiger partial charge in [-0.1, -0.05) is 70.6 Å². The van der Waals surface area contributed by atoms with Gasteiger partial charge in [0.05, 0.1) is 6.61 Å². The summed E-state index contributed by atoms with van der Waals surface area (Å²) in [7, 11) is 0. The number of carbonyl (C=O) groups excluding carboxylic acids is 1. The quantitative estimate of drug-likeness (QED) is 0.150. The Labute approximate surface area is 147 Å². The molecular formula is C21H32O3. The number of para-hydroxylation sites is 1. The van der Waals surface area contributed by atoms with Crippen LogP contribution in [0.15, 0.2) is 36.6 Å². The van der Waals surface area contributed by atoms with Gasteiger partial charge in [-0.15, -0.1) is 0 Å². The molecule has 0 unspecified atom stereocenters. The first-order chi connectivity index (χ1) is 11.7. The lowest BCUT2D eigenvalue weighted by Crippen LogP contribution is -2.14. The Morgan fingerprint density at radius 3 is 2.33 bits per heavy atom. The standard InChI is InChI=1S/C21H32O3/c1-4-6-7-8-9-10-11-14-19-15-12-13-16-20(19)24-21(22)18(3)23-17-5-2/h12-13,15-16H,3-11,14,17H2,1-2H3. The van der Waals surface area contributed by atoms with Gasteiger partial charge in [0.25, 0.3) is 0 Å². The number of ether oxygens (including phenoxy) is 2. The van der Waals surface area contributed by atoms with Gasteiger partial charge in [-0.2, -0.15) is 0 Å². The molecule has 0 aliphatic rings. The molecule has 1 rings (SSSR count). The van der Waals surface area contributed by atoms with Crippen LogP contribution >= 0.6 is 0 Å². The Morgan fingerprint density at radius 1 is 0.958 bits per heavy atom. The molecule has 1 aromatic carbocycles. The highest BCUT2D eigenvalue weighted by atomic mass is 16.6. The van der Waals surface area contributed by atoms with Crippen LogP contribution in [0.3, 0.4) is 0 Å². The topological polar surface area (TPSA) is 35.5 Å². The van der Waals surface area contributed by atoms with E-state index < -0.39 is 5.97 Å². The van der Waals surface area contributed by atoms with Crippen molar-refractivity contribution < 1.29 is 14.3 Å². The molecule has 0 atom stereocenters. The third-order valence-corrected chi connectivity index (χ3v) is 3.93. The molecule has 0 bridgehead atoms. The first-order valence-corrected chi connectivity index (χ1v) is 9.30. The molecule has 0 radical (unpaired) electrons. The van der Waals surface area contributed by atoms with Crippen LogP contribution in [0.1, 0.15) is 70.8 Å². The molecule has 0 spiro atoms. The number of esters is 1. The number of rotatable bonds is 13. The van der Waals surface area contributed by atoms with Crippen molar-refractivity contribution in [2.75, 3.05) is 6.61 Å². The number of carbonyl (C=O) groups is 1. The van der Waals surface area contributed by atoms with E-state index in [2.05, 4.69) is 13.5 Å². The van der Waals surface area contributed by atoms with Crippen molar-refractivity contribution >= 4 is 5.97 Å². The van der Waals surface area contributed by atoms with Crippen LogP contribution in [0.4, 0.5) is 0 Å². The van der Waals surface area contributed by atoms with E-state index in [-0.39, 0.29) is 5.76 Å². The maximum atomic E-state index is 12.0. The van der Waals surface area contributed by atoms with E-state index in [0.717, 1.165) is 24.8 Å². The maximum Gasteiger partial charge on any atom is 0.378 e. The van der Waals surface area contributed by atoms with E-state index in [1.54, 1.807) is 0 Å². The van der Waals surface area contributed by atoms with Gasteiger partial charge in [0, 0.05) is 0 Å². The smallest absolute Gasteiger partial charge is 0.378 e. The van der Waals surface area contributed by atoms with E-state index in [1.165, 1.54) is 38.5 Å². The Morgan fingerprint density at radius 2 is 1.62 bits per heavy atom. The highest BCUT2D eigenvalue weighted by molar-refractivity contribution is 5.87. The van der Waals surface area contributed by atoms with Crippen LogP contribution in [0.5, 0.6) is 5.75 Å². The number of unbranched alkanes of at least 4 members (excludes halogenated alkanes) is 6. The fourth-order valence-electron chi connectivity index (χ4n) is 2.52. The number of hydrogen-bond acceptors (Lipinski definition) is 3. The third kappa shape index (κ3) is 8.19. The Kier molecular flexibility index (Phi) is 10.7. The summed E-state index contributed by atoms with van der Waals surface area (Å²) in [6.45, 7) is 8.33. The molecule has 0 saturated carbocycles. The van der Waals surface area contributed by atoms with Gasteiger partial charge in [-0.3, -0.25) is 0 Å². The highest BCUT2D eigenvalue weighted by Gasteiger charge is 2.13. The van der Waals surface area contributed by atoms with Gasteiger partial charge in [0.2, 0.25) is 0 Å². The van der Waals surface area contributed by atoms with Crippen LogP contribution in [0.2, 0.25) is 0 Å². The molecule has 134 valence electrons. The van der Waals surface area contributed by atoms with Crippen LogP contribution in [-0.2, 0) is 16.0 Å². The molecule has 0 aliphatic heterocycles. The molecule has 24 heavy (non-hydrogen) atoms. The molecule has 1 aromatic rings. The van der Waals surface area contributed by atoms with Crippen LogP contribution in [0.25, 0.3) is 0 Å². The lowest BCUT2D eigenvalue weighted by atomic mass is 10.0. The summed E-state index contributed by atoms with van der Waals surface area (Å²) in [4.78, 5) is 12.0. The molecule has 0 aromatic heterocycles. The molecule has 0 saturated heterocycles. The van der Waals surface area contributed by atoms with E-state index >= 15 is 0 Å². The minimum atomic E-state index is -0.504. The maximum absolute atomic E-state index is 12.0. The van der Waals surface area contributed by atoms with Crippen LogP contribution < -0.4 is 4.74 Å². The van der Waals surface area contributed by atoms with Gasteiger partial charge in [-0.25, -0.2) is 4.79 Å². The molecule has 0 heterocycles. The summed E-state index contributed by atoms with van der Waals surface area (Å²) in [6.07, 6.45) is 10.7. The third-order valence-electron chi connectivity index (χ3n) is 3.93. The predicted octanol–water partition coefficient (Wildman–Crippen LogP) is 5.83. The normalized spacial score (nSPS) is 10.4. The SMILES string of the molecule is C=C(OCCC)C(=O)Oc1ccccc1CCCCCCCCC. The van der Waals surface area contributed by atoms with Gasteiger partial charge in [0.15, 0.2) is 5.76 Å². The summed E-state index contributed by atoms with van der Waals surface area (Å²) < 4.78 is 10.7. The molecule has 0 fully saturated rings. The van der Waals surface area contributed by atoms with Crippen molar-refractivity contribution in [2.45, 2.75) is 71.6 Å². The van der Waals surface area contributed by atoms with Crippen molar-refractivity contribution in [3.63, 3.8) is 0 Å². The Balaban J connectivity index is 2.41. The first kappa shape index (κ1) is 20.3. The largest absolute Gasteiger partial charge is 0.487 e. The van der Waals surface area contributed by atoms with Gasteiger partial charge < -0.3 is 9.47 Å². The second kappa shape index (κ2) is 12.6. The zero-order chi connectivity index (χ0) is 17.6. The van der Waals surface area contributed by atoms with Crippen LogP contribution in [-0.4, -0.2) is 12.6 Å². The first-order valence-electron chi connectivity index (χ1n) is 9.30. The van der Waals surface area contributed by atoms with Crippen molar-refractivity contribution in [3.05, 3.63) is 42.2 Å². The summed E-state index contributed by atoms with van der Waals surface area (Å²) >= 11 is 0. The molecule has 3 heteroatoms. The predicted molar refractivity (Wildman–Crippen MR) is 99.2 cm³/mol. The van der Waals surface area contributed by atoms with Crippen molar-refractivity contribution in [1.29, 1.82) is 0 Å². The Hall–Kier alpha value is -1.77. The van der Waals surface area contributed by atoms with Crippen molar-refractivity contribution in [3.8, 4) is 5.75 Å². The average Bonchev–Trinajstić information content (AvgIpc) is 2.60. The molecule has 3 nitrogen and oxygen atoms in total. The summed E-state index contributed by atoms with van der Waals surface area (Å²) in [5.41, 5.74) is 1.07. The zero-order valence-corrected chi connectivity index (χ0v) is 15.3. The number of hydrogen-bond donors (Lipinski definition) is 0. The van der Waals surface area contributed by atoms with Crippen molar-refractivity contribution in [1.82, 2.24) is 0 Å². The van der Waals surface area contributed by atoms with Crippen LogP contribution in [0, 0.1) is 0 Å². The van der Waals surface area contributed by atoms with E-state index in [4.69, 9.17) is 9.47 Å². The fourth-order valence-corrected chi connectivity index (χ4v) is 2.52. The summed E-state index contributed by atoms with van der Waals surface area (Å²) in [5.74, 6) is 0.188. The molecule has 0 N–H and O–H groups in total. The van der Waals surface area contributed by atoms with Crippen molar-refractivity contribution in [2.24, 2.45) is 0 Å². The fraction of sp³-hybridized carbons (Fsp3) is 0.571. The molecule has 0 aliphatic carbocycles. The van der Waals surface area contributed by atoms with Gasteiger partial charge in [0.1, 0.15) is 5.75 Å². The zero-order valence-electron chi connectivity index (χ0n) is 15.3. The summed E-state index contributed by atoms with van der Waals surface area (Å²) in [6, 6.07) is 7.72. The van der Waals surface area contributed by atoms with E-state index in [9.17, 15) is 4.79 Å². The lowest BCUT2D eigenvalue weighted by Gasteiger charge is -2.11. The Bertz CT molecular complexity index is 494. The van der Waals surface area contributed by atoms with Gasteiger partial charge >= 0.3 is 5.97 Å². The monoisotopic (exact) mass is 332 g/mol. The minimum Gasteiger partial charge on any atom is -0.487 e. The second-order valence-electron chi connectivity index (χ2n) is 6.14. The van der Waals surface area contributed by atoms with E-state index in [1.807, 2.05) is 31.2 Å². The van der Waals surface area contributed by atoms with E-state index in [0.29, 0.717) is 12.4 Å².